The van der Waals surface area contributed by atoms with Crippen LogP contribution in [-0.2, 0) is 25.7 Å². The zero-order valence-corrected chi connectivity index (χ0v) is 18.1. The summed E-state index contributed by atoms with van der Waals surface area (Å²) in [6.07, 6.45) is 3.44. The number of imidazole rings is 1. The van der Waals surface area contributed by atoms with E-state index in [9.17, 15) is 4.79 Å². The molecule has 0 bridgehead atoms. The number of anilines is 1. The average molecular weight is 434 g/mol. The van der Waals surface area contributed by atoms with Crippen molar-refractivity contribution in [3.63, 3.8) is 0 Å². The molecule has 6 nitrogen and oxygen atoms in total. The van der Waals surface area contributed by atoms with Crippen LogP contribution in [0.25, 0.3) is 22.3 Å². The first-order valence-corrected chi connectivity index (χ1v) is 11.2. The zero-order valence-electron chi connectivity index (χ0n) is 18.1. The number of aromatic amines is 2. The van der Waals surface area contributed by atoms with Crippen molar-refractivity contribution in [2.45, 2.75) is 25.7 Å². The normalized spacial score (nSPS) is 12.4. The molecule has 162 valence electrons. The van der Waals surface area contributed by atoms with Crippen LogP contribution in [0, 0.1) is 0 Å². The highest BCUT2D eigenvalue weighted by Crippen LogP contribution is 2.33. The molecule has 2 aromatic heterocycles. The van der Waals surface area contributed by atoms with E-state index in [0.717, 1.165) is 65.0 Å². The van der Waals surface area contributed by atoms with Crippen molar-refractivity contribution in [3.8, 4) is 11.3 Å². The number of benzene rings is 3. The van der Waals surface area contributed by atoms with E-state index in [4.69, 9.17) is 0 Å². The first-order valence-electron chi connectivity index (χ1n) is 11.2. The van der Waals surface area contributed by atoms with E-state index in [2.05, 4.69) is 49.7 Å². The number of hydrogen-bond donors (Lipinski definition) is 3. The van der Waals surface area contributed by atoms with Crippen molar-refractivity contribution >= 4 is 22.6 Å². The SMILES string of the molecule is O=C(Nc1ccc(CCc2nc3ccccc3[nH]2)cc1)c1[nH]nc2c1CCc1ccccc1-2. The topological polar surface area (TPSA) is 86.5 Å². The maximum atomic E-state index is 12.9. The van der Waals surface area contributed by atoms with Crippen LogP contribution in [0.2, 0.25) is 0 Å². The molecule has 1 amide bonds. The van der Waals surface area contributed by atoms with Gasteiger partial charge in [0, 0.05) is 23.2 Å². The maximum absolute atomic E-state index is 12.9. The zero-order chi connectivity index (χ0) is 22.2. The fourth-order valence-corrected chi connectivity index (χ4v) is 4.58. The number of fused-ring (bicyclic) bond motifs is 4. The van der Waals surface area contributed by atoms with Gasteiger partial charge >= 0.3 is 0 Å². The Kier molecular flexibility index (Phi) is 4.76. The highest BCUT2D eigenvalue weighted by Gasteiger charge is 2.25. The molecule has 0 radical (unpaired) electrons. The van der Waals surface area contributed by atoms with Crippen LogP contribution < -0.4 is 5.32 Å². The van der Waals surface area contributed by atoms with Crippen molar-refractivity contribution in [2.75, 3.05) is 5.32 Å². The fraction of sp³-hybridized carbons (Fsp3) is 0.148. The quantitative estimate of drug-likeness (QED) is 0.361. The number of aromatic nitrogens is 4. The van der Waals surface area contributed by atoms with Crippen LogP contribution in [0.15, 0.2) is 72.8 Å². The standard InChI is InChI=1S/C27H23N5O/c33-27(26-21-15-12-18-5-1-2-6-20(18)25(21)31-32-26)28-19-13-9-17(10-14-19)11-16-24-29-22-7-3-4-8-23(22)30-24/h1-10,13-14H,11-12,15-16H2,(H,28,33)(H,29,30)(H,31,32). The second-order valence-electron chi connectivity index (χ2n) is 8.43. The Bertz CT molecular complexity index is 1430. The van der Waals surface area contributed by atoms with Crippen LogP contribution >= 0.6 is 0 Å². The summed E-state index contributed by atoms with van der Waals surface area (Å²) in [5.74, 6) is 0.831. The summed E-state index contributed by atoms with van der Waals surface area (Å²) in [6.45, 7) is 0. The number of carbonyl (C=O) groups excluding carboxylic acids is 1. The van der Waals surface area contributed by atoms with Gasteiger partial charge in [0.05, 0.1) is 16.7 Å². The van der Waals surface area contributed by atoms with Crippen LogP contribution in [0.4, 0.5) is 5.69 Å². The molecule has 6 heteroatoms. The Morgan fingerprint density at radius 1 is 0.909 bits per heavy atom. The van der Waals surface area contributed by atoms with Gasteiger partial charge in [0.15, 0.2) is 0 Å². The third kappa shape index (κ3) is 3.69. The number of nitrogens with one attached hydrogen (secondary N) is 3. The van der Waals surface area contributed by atoms with E-state index in [1.54, 1.807) is 0 Å². The van der Waals surface area contributed by atoms with Crippen molar-refractivity contribution < 1.29 is 4.79 Å². The van der Waals surface area contributed by atoms with Crippen molar-refractivity contribution in [1.82, 2.24) is 20.2 Å². The summed E-state index contributed by atoms with van der Waals surface area (Å²) >= 11 is 0. The molecule has 0 fully saturated rings. The van der Waals surface area contributed by atoms with Gasteiger partial charge in [-0.05, 0) is 54.7 Å². The lowest BCUT2D eigenvalue weighted by atomic mass is 9.89. The minimum Gasteiger partial charge on any atom is -0.342 e. The monoisotopic (exact) mass is 433 g/mol. The first kappa shape index (κ1) is 19.5. The first-order chi connectivity index (χ1) is 16.2. The minimum absolute atomic E-state index is 0.154. The van der Waals surface area contributed by atoms with Crippen molar-refractivity contribution in [3.05, 3.63) is 101 Å². The number of amides is 1. The summed E-state index contributed by atoms with van der Waals surface area (Å²) in [5, 5.41) is 10.4. The average Bonchev–Trinajstić information content (AvgIpc) is 3.48. The molecule has 0 aliphatic heterocycles. The van der Waals surface area contributed by atoms with Crippen LogP contribution in [0.3, 0.4) is 0 Å². The predicted octanol–water partition coefficient (Wildman–Crippen LogP) is 5.09. The van der Waals surface area contributed by atoms with Crippen LogP contribution in [-0.4, -0.2) is 26.1 Å². The molecular weight excluding hydrogens is 410 g/mol. The van der Waals surface area contributed by atoms with Gasteiger partial charge < -0.3 is 10.3 Å². The van der Waals surface area contributed by atoms with Gasteiger partial charge in [-0.15, -0.1) is 0 Å². The Balaban J connectivity index is 1.13. The van der Waals surface area contributed by atoms with Crippen molar-refractivity contribution in [2.24, 2.45) is 0 Å². The predicted molar refractivity (Wildman–Crippen MR) is 129 cm³/mol. The molecule has 0 atom stereocenters. The molecule has 0 spiro atoms. The Morgan fingerprint density at radius 3 is 2.61 bits per heavy atom. The van der Waals surface area contributed by atoms with E-state index in [0.29, 0.717) is 5.69 Å². The molecule has 0 saturated carbocycles. The largest absolute Gasteiger partial charge is 0.342 e. The summed E-state index contributed by atoms with van der Waals surface area (Å²) in [7, 11) is 0. The van der Waals surface area contributed by atoms with E-state index >= 15 is 0 Å². The molecule has 3 aromatic carbocycles. The van der Waals surface area contributed by atoms with E-state index < -0.39 is 0 Å². The number of carbonyl (C=O) groups is 1. The molecule has 6 rings (SSSR count). The third-order valence-electron chi connectivity index (χ3n) is 6.31. The lowest BCUT2D eigenvalue weighted by Crippen LogP contribution is -2.15. The minimum atomic E-state index is -0.154. The number of hydrogen-bond acceptors (Lipinski definition) is 3. The Labute approximate surface area is 191 Å². The fourth-order valence-electron chi connectivity index (χ4n) is 4.58. The van der Waals surface area contributed by atoms with E-state index in [-0.39, 0.29) is 5.91 Å². The second kappa shape index (κ2) is 8.06. The van der Waals surface area contributed by atoms with Gasteiger partial charge in [0.25, 0.3) is 5.91 Å². The number of H-pyrrole nitrogens is 2. The number of para-hydroxylation sites is 2. The summed E-state index contributed by atoms with van der Waals surface area (Å²) in [5.41, 5.74) is 8.86. The molecule has 5 aromatic rings. The summed E-state index contributed by atoms with van der Waals surface area (Å²) < 4.78 is 0. The Hall–Kier alpha value is -4.19. The molecule has 1 aliphatic rings. The number of aryl methyl sites for hydroxylation is 3. The maximum Gasteiger partial charge on any atom is 0.273 e. The van der Waals surface area contributed by atoms with Crippen LogP contribution in [0.5, 0.6) is 0 Å². The molecule has 3 N–H and O–H groups in total. The van der Waals surface area contributed by atoms with Crippen LogP contribution in [0.1, 0.15) is 33.0 Å². The number of nitrogens with zero attached hydrogens (tertiary/aromatic N) is 2. The van der Waals surface area contributed by atoms with E-state index in [1.165, 1.54) is 11.1 Å². The van der Waals surface area contributed by atoms with Gasteiger partial charge in [-0.2, -0.15) is 5.10 Å². The molecule has 33 heavy (non-hydrogen) atoms. The molecule has 2 heterocycles. The molecule has 0 saturated heterocycles. The smallest absolute Gasteiger partial charge is 0.273 e. The highest BCUT2D eigenvalue weighted by atomic mass is 16.1. The number of rotatable bonds is 5. The van der Waals surface area contributed by atoms with E-state index in [1.807, 2.05) is 48.5 Å². The van der Waals surface area contributed by atoms with Gasteiger partial charge in [-0.3, -0.25) is 9.89 Å². The molecular formula is C27H23N5O. The van der Waals surface area contributed by atoms with Gasteiger partial charge in [0.1, 0.15) is 11.5 Å². The van der Waals surface area contributed by atoms with Gasteiger partial charge in [-0.1, -0.05) is 48.5 Å². The summed E-state index contributed by atoms with van der Waals surface area (Å²) in [4.78, 5) is 21.0. The second-order valence-corrected chi connectivity index (χ2v) is 8.43. The van der Waals surface area contributed by atoms with Gasteiger partial charge in [0.2, 0.25) is 0 Å². The molecule has 0 unspecified atom stereocenters. The molecule has 1 aliphatic carbocycles. The lowest BCUT2D eigenvalue weighted by molar-refractivity contribution is 0.102. The highest BCUT2D eigenvalue weighted by molar-refractivity contribution is 6.05. The lowest BCUT2D eigenvalue weighted by Gasteiger charge is -2.15. The van der Waals surface area contributed by atoms with Crippen molar-refractivity contribution in [1.29, 1.82) is 0 Å². The Morgan fingerprint density at radius 2 is 1.73 bits per heavy atom. The van der Waals surface area contributed by atoms with Gasteiger partial charge in [-0.25, -0.2) is 4.98 Å². The third-order valence-corrected chi connectivity index (χ3v) is 6.31. The summed E-state index contributed by atoms with van der Waals surface area (Å²) in [6, 6.07) is 24.3.